The number of carboxylic acids is 1. The minimum Gasteiger partial charge on any atom is -0.478 e. The molecular weight excluding hydrogens is 250 g/mol. The average molecular weight is 269 g/mol. The number of aromatic carboxylic acids is 1. The molecule has 1 fully saturated rings. The summed E-state index contributed by atoms with van der Waals surface area (Å²) in [7, 11) is 0. The summed E-state index contributed by atoms with van der Waals surface area (Å²) >= 11 is 0. The van der Waals surface area contributed by atoms with E-state index >= 15 is 0 Å². The van der Waals surface area contributed by atoms with E-state index < -0.39 is 5.97 Å². The molecule has 0 aliphatic heterocycles. The van der Waals surface area contributed by atoms with E-state index in [1.165, 1.54) is 19.3 Å². The van der Waals surface area contributed by atoms with E-state index in [4.69, 9.17) is 4.98 Å². The van der Waals surface area contributed by atoms with Crippen LogP contribution in [-0.2, 0) is 0 Å². The lowest BCUT2D eigenvalue weighted by Gasteiger charge is -2.21. The van der Waals surface area contributed by atoms with Crippen LogP contribution in [0.2, 0.25) is 0 Å². The number of carboxylic acid groups (broad SMARTS) is 1. The Morgan fingerprint density at radius 2 is 1.95 bits per heavy atom. The zero-order valence-electron chi connectivity index (χ0n) is 11.7. The van der Waals surface area contributed by atoms with Crippen molar-refractivity contribution in [1.29, 1.82) is 0 Å². The molecule has 0 amide bonds. The third-order valence-corrected chi connectivity index (χ3v) is 4.24. The summed E-state index contributed by atoms with van der Waals surface area (Å²) in [5.41, 5.74) is 3.21. The maximum atomic E-state index is 11.5. The Bertz CT molecular complexity index is 657. The zero-order chi connectivity index (χ0) is 14.1. The van der Waals surface area contributed by atoms with Gasteiger partial charge in [0.15, 0.2) is 0 Å². The number of hydrogen-bond donors (Lipinski definition) is 1. The Balaban J connectivity index is 2.15. The largest absolute Gasteiger partial charge is 0.478 e. The number of aromatic nitrogens is 1. The summed E-state index contributed by atoms with van der Waals surface area (Å²) in [6, 6.07) is 7.63. The fourth-order valence-electron chi connectivity index (χ4n) is 3.14. The molecule has 20 heavy (non-hydrogen) atoms. The fourth-order valence-corrected chi connectivity index (χ4v) is 3.14. The maximum absolute atomic E-state index is 11.5. The molecule has 3 rings (SSSR count). The van der Waals surface area contributed by atoms with Crippen molar-refractivity contribution in [3.05, 3.63) is 41.1 Å². The van der Waals surface area contributed by atoms with E-state index in [1.54, 1.807) is 6.07 Å². The number of aryl methyl sites for hydroxylation is 1. The third kappa shape index (κ3) is 2.40. The standard InChI is InChI=1S/C17H19NO2/c1-11-7-8-15-13(9-11)14(17(19)20)10-16(18-15)12-5-3-2-4-6-12/h7-10,12H,2-6H2,1H3,(H,19,20). The lowest BCUT2D eigenvalue weighted by Crippen LogP contribution is -2.09. The third-order valence-electron chi connectivity index (χ3n) is 4.24. The molecule has 3 heteroatoms. The lowest BCUT2D eigenvalue weighted by molar-refractivity contribution is 0.0699. The summed E-state index contributed by atoms with van der Waals surface area (Å²) < 4.78 is 0. The van der Waals surface area contributed by atoms with Crippen molar-refractivity contribution in [2.75, 3.05) is 0 Å². The number of benzene rings is 1. The van der Waals surface area contributed by atoms with Gasteiger partial charge in [0.25, 0.3) is 0 Å². The molecule has 0 unspecified atom stereocenters. The molecule has 2 aromatic rings. The van der Waals surface area contributed by atoms with Gasteiger partial charge in [-0.25, -0.2) is 4.79 Å². The normalized spacial score (nSPS) is 16.4. The van der Waals surface area contributed by atoms with E-state index in [1.807, 2.05) is 25.1 Å². The van der Waals surface area contributed by atoms with Crippen molar-refractivity contribution in [3.63, 3.8) is 0 Å². The van der Waals surface area contributed by atoms with Gasteiger partial charge in [0, 0.05) is 17.0 Å². The number of nitrogens with zero attached hydrogens (tertiary/aromatic N) is 1. The molecule has 0 saturated heterocycles. The van der Waals surface area contributed by atoms with Crippen LogP contribution in [0.3, 0.4) is 0 Å². The highest BCUT2D eigenvalue weighted by Crippen LogP contribution is 2.33. The summed E-state index contributed by atoms with van der Waals surface area (Å²) in [5, 5.41) is 10.2. The van der Waals surface area contributed by atoms with Crippen LogP contribution in [0.25, 0.3) is 10.9 Å². The van der Waals surface area contributed by atoms with Crippen LogP contribution in [0.15, 0.2) is 24.3 Å². The van der Waals surface area contributed by atoms with Crippen LogP contribution in [0.4, 0.5) is 0 Å². The predicted molar refractivity (Wildman–Crippen MR) is 79.3 cm³/mol. The molecule has 104 valence electrons. The minimum absolute atomic E-state index is 0.388. The molecular formula is C17H19NO2. The molecule has 1 N–H and O–H groups in total. The van der Waals surface area contributed by atoms with Crippen molar-refractivity contribution in [3.8, 4) is 0 Å². The molecule has 1 aliphatic carbocycles. The smallest absolute Gasteiger partial charge is 0.336 e. The molecule has 1 aliphatic rings. The van der Waals surface area contributed by atoms with Gasteiger partial charge in [-0.3, -0.25) is 4.98 Å². The first kappa shape index (κ1) is 13.1. The predicted octanol–water partition coefficient (Wildman–Crippen LogP) is 4.29. The van der Waals surface area contributed by atoms with E-state index in [2.05, 4.69) is 0 Å². The Kier molecular flexibility index (Phi) is 3.43. The van der Waals surface area contributed by atoms with Gasteiger partial charge < -0.3 is 5.11 Å². The van der Waals surface area contributed by atoms with Gasteiger partial charge in [-0.2, -0.15) is 0 Å². The average Bonchev–Trinajstić information content (AvgIpc) is 2.47. The molecule has 1 heterocycles. The SMILES string of the molecule is Cc1ccc2nc(C3CCCCC3)cc(C(=O)O)c2c1. The highest BCUT2D eigenvalue weighted by Gasteiger charge is 2.20. The molecule has 1 aromatic carbocycles. The van der Waals surface area contributed by atoms with Crippen LogP contribution in [0, 0.1) is 6.92 Å². The van der Waals surface area contributed by atoms with Crippen molar-refractivity contribution in [1.82, 2.24) is 4.98 Å². The lowest BCUT2D eigenvalue weighted by atomic mass is 9.86. The van der Waals surface area contributed by atoms with E-state index in [-0.39, 0.29) is 0 Å². The van der Waals surface area contributed by atoms with E-state index in [0.29, 0.717) is 11.5 Å². The zero-order valence-corrected chi connectivity index (χ0v) is 11.7. The van der Waals surface area contributed by atoms with Gasteiger partial charge >= 0.3 is 5.97 Å². The van der Waals surface area contributed by atoms with Crippen LogP contribution in [-0.4, -0.2) is 16.1 Å². The van der Waals surface area contributed by atoms with Crippen LogP contribution in [0.1, 0.15) is 59.6 Å². The van der Waals surface area contributed by atoms with Crippen LogP contribution in [0.5, 0.6) is 0 Å². The van der Waals surface area contributed by atoms with Crippen molar-refractivity contribution in [2.45, 2.75) is 44.9 Å². The minimum atomic E-state index is -0.861. The summed E-state index contributed by atoms with van der Waals surface area (Å²) in [4.78, 5) is 16.3. The summed E-state index contributed by atoms with van der Waals surface area (Å²) in [5.74, 6) is -0.437. The van der Waals surface area contributed by atoms with Gasteiger partial charge in [0.1, 0.15) is 0 Å². The van der Waals surface area contributed by atoms with Crippen molar-refractivity contribution < 1.29 is 9.90 Å². The molecule has 0 atom stereocenters. The molecule has 0 bridgehead atoms. The molecule has 3 nitrogen and oxygen atoms in total. The second-order valence-electron chi connectivity index (χ2n) is 5.76. The quantitative estimate of drug-likeness (QED) is 0.884. The summed E-state index contributed by atoms with van der Waals surface area (Å²) in [6.45, 7) is 1.97. The monoisotopic (exact) mass is 269 g/mol. The Morgan fingerprint density at radius 3 is 2.65 bits per heavy atom. The highest BCUT2D eigenvalue weighted by atomic mass is 16.4. The molecule has 1 aromatic heterocycles. The summed E-state index contributed by atoms with van der Waals surface area (Å²) in [6.07, 6.45) is 5.99. The molecule has 0 radical (unpaired) electrons. The van der Waals surface area contributed by atoms with E-state index in [9.17, 15) is 9.90 Å². The van der Waals surface area contributed by atoms with Gasteiger partial charge in [-0.1, -0.05) is 30.9 Å². The van der Waals surface area contributed by atoms with Gasteiger partial charge in [0.2, 0.25) is 0 Å². The number of pyridine rings is 1. The van der Waals surface area contributed by atoms with Crippen LogP contribution >= 0.6 is 0 Å². The first-order chi connectivity index (χ1) is 9.65. The molecule has 0 spiro atoms. The van der Waals surface area contributed by atoms with E-state index in [0.717, 1.165) is 35.0 Å². The Labute approximate surface area is 118 Å². The number of rotatable bonds is 2. The molecule has 1 saturated carbocycles. The number of carbonyl (C=O) groups is 1. The second kappa shape index (κ2) is 5.23. The topological polar surface area (TPSA) is 50.2 Å². The maximum Gasteiger partial charge on any atom is 0.336 e. The highest BCUT2D eigenvalue weighted by molar-refractivity contribution is 6.02. The fraction of sp³-hybridized carbons (Fsp3) is 0.412. The second-order valence-corrected chi connectivity index (χ2v) is 5.76. The van der Waals surface area contributed by atoms with Crippen LogP contribution < -0.4 is 0 Å². The van der Waals surface area contributed by atoms with Gasteiger partial charge in [-0.15, -0.1) is 0 Å². The Morgan fingerprint density at radius 1 is 1.20 bits per heavy atom. The Hall–Kier alpha value is -1.90. The van der Waals surface area contributed by atoms with Gasteiger partial charge in [0.05, 0.1) is 11.1 Å². The number of hydrogen-bond acceptors (Lipinski definition) is 2. The van der Waals surface area contributed by atoms with Crippen molar-refractivity contribution >= 4 is 16.9 Å². The van der Waals surface area contributed by atoms with Gasteiger partial charge in [-0.05, 0) is 38.0 Å². The number of fused-ring (bicyclic) bond motifs is 1. The first-order valence-electron chi connectivity index (χ1n) is 7.30. The first-order valence-corrected chi connectivity index (χ1v) is 7.30. The van der Waals surface area contributed by atoms with Crippen molar-refractivity contribution in [2.24, 2.45) is 0 Å².